The number of aryl methyl sites for hydroxylation is 1. The van der Waals surface area contributed by atoms with E-state index in [9.17, 15) is 9.90 Å². The van der Waals surface area contributed by atoms with Crippen LogP contribution >= 0.6 is 23.2 Å². The van der Waals surface area contributed by atoms with Crippen molar-refractivity contribution in [3.63, 3.8) is 0 Å². The molecule has 112 valence electrons. The number of nitrogens with zero attached hydrogens (tertiary/aromatic N) is 2. The van der Waals surface area contributed by atoms with Crippen LogP contribution in [0.5, 0.6) is 5.75 Å². The summed E-state index contributed by atoms with van der Waals surface area (Å²) in [4.78, 5) is 11.6. The second-order valence-electron chi connectivity index (χ2n) is 4.53. The maximum atomic E-state index is 11.6. The van der Waals surface area contributed by atoms with Crippen molar-refractivity contribution in [2.24, 2.45) is 0 Å². The number of ether oxygens (including phenoxy) is 1. The maximum absolute atomic E-state index is 11.6. The van der Waals surface area contributed by atoms with Gasteiger partial charge in [0.1, 0.15) is 18.5 Å². The van der Waals surface area contributed by atoms with E-state index in [1.165, 1.54) is 10.7 Å². The number of hydrogen-bond donors (Lipinski definition) is 1. The van der Waals surface area contributed by atoms with Crippen LogP contribution in [0.3, 0.4) is 0 Å². The molecule has 0 aliphatic heterocycles. The molecule has 1 aromatic carbocycles. The molecule has 1 atom stereocenters. The topological polar surface area (TPSA) is 64.4 Å². The third-order valence-corrected chi connectivity index (χ3v) is 3.26. The van der Waals surface area contributed by atoms with E-state index < -0.39 is 6.10 Å². The van der Waals surface area contributed by atoms with Crippen LogP contribution in [0.1, 0.15) is 5.69 Å². The molecule has 0 bridgehead atoms. The van der Waals surface area contributed by atoms with Crippen molar-refractivity contribution < 1.29 is 9.84 Å². The monoisotopic (exact) mass is 328 g/mol. The van der Waals surface area contributed by atoms with Crippen LogP contribution in [0.25, 0.3) is 0 Å². The fraction of sp³-hybridized carbons (Fsp3) is 0.286. The first-order valence-corrected chi connectivity index (χ1v) is 7.02. The first-order valence-electron chi connectivity index (χ1n) is 6.26. The van der Waals surface area contributed by atoms with Gasteiger partial charge in [-0.2, -0.15) is 5.10 Å². The van der Waals surface area contributed by atoms with Crippen molar-refractivity contribution in [3.8, 4) is 5.75 Å². The molecule has 2 rings (SSSR count). The minimum atomic E-state index is -0.896. The zero-order valence-electron chi connectivity index (χ0n) is 11.3. The first kappa shape index (κ1) is 15.8. The number of aromatic nitrogens is 2. The summed E-state index contributed by atoms with van der Waals surface area (Å²) in [6, 6.07) is 7.84. The minimum absolute atomic E-state index is 0.0257. The number of halogens is 2. The highest BCUT2D eigenvalue weighted by Gasteiger charge is 2.10. The molecule has 1 heterocycles. The van der Waals surface area contributed by atoms with Crippen molar-refractivity contribution in [1.29, 1.82) is 0 Å². The molecule has 0 radical (unpaired) electrons. The predicted octanol–water partition coefficient (Wildman–Crippen LogP) is 2.30. The predicted molar refractivity (Wildman–Crippen MR) is 81.2 cm³/mol. The molecule has 1 N–H and O–H groups in total. The van der Waals surface area contributed by atoms with E-state index in [1.807, 2.05) is 0 Å². The molecule has 0 aliphatic carbocycles. The number of aliphatic hydroxyl groups is 1. The summed E-state index contributed by atoms with van der Waals surface area (Å²) in [7, 11) is 0. The van der Waals surface area contributed by atoms with Crippen LogP contribution in [0.4, 0.5) is 0 Å². The third-order valence-electron chi connectivity index (χ3n) is 2.71. The Bertz CT molecular complexity index is 688. The summed E-state index contributed by atoms with van der Waals surface area (Å²) in [6.07, 6.45) is -0.896. The average Bonchev–Trinajstić information content (AvgIpc) is 2.44. The van der Waals surface area contributed by atoms with E-state index in [0.717, 1.165) is 0 Å². The van der Waals surface area contributed by atoms with Crippen LogP contribution in [-0.2, 0) is 6.54 Å². The summed E-state index contributed by atoms with van der Waals surface area (Å²) in [5.74, 6) is 0.382. The fourth-order valence-electron chi connectivity index (χ4n) is 1.71. The molecule has 1 aromatic heterocycles. The van der Waals surface area contributed by atoms with Gasteiger partial charge >= 0.3 is 0 Å². The quantitative estimate of drug-likeness (QED) is 0.914. The smallest absolute Gasteiger partial charge is 0.266 e. The molecule has 0 amide bonds. The molecule has 0 fully saturated rings. The molecular formula is C14H14Cl2N2O3. The first-order chi connectivity index (χ1) is 9.95. The standard InChI is InChI=1S/C14H14Cl2N2O3/c1-9-2-5-14(20)18(17-9)7-11(19)8-21-13-6-10(15)3-4-12(13)16/h2-6,11,19H,7-8H2,1H3. The lowest BCUT2D eigenvalue weighted by Gasteiger charge is -2.14. The van der Waals surface area contributed by atoms with Gasteiger partial charge in [-0.1, -0.05) is 23.2 Å². The van der Waals surface area contributed by atoms with Crippen LogP contribution in [0.15, 0.2) is 35.1 Å². The third kappa shape index (κ3) is 4.46. The van der Waals surface area contributed by atoms with Gasteiger partial charge in [-0.25, -0.2) is 4.68 Å². The van der Waals surface area contributed by atoms with Gasteiger partial charge in [0.2, 0.25) is 0 Å². The SMILES string of the molecule is Cc1ccc(=O)n(CC(O)COc2cc(Cl)ccc2Cl)n1. The van der Waals surface area contributed by atoms with Crippen molar-refractivity contribution in [2.45, 2.75) is 19.6 Å². The van der Waals surface area contributed by atoms with Gasteiger partial charge in [-0.3, -0.25) is 4.79 Å². The number of aliphatic hydroxyl groups excluding tert-OH is 1. The molecule has 2 aromatic rings. The normalized spacial score (nSPS) is 12.2. The Morgan fingerprint density at radius 3 is 2.86 bits per heavy atom. The highest BCUT2D eigenvalue weighted by Crippen LogP contribution is 2.27. The van der Waals surface area contributed by atoms with Crippen LogP contribution in [0.2, 0.25) is 10.0 Å². The summed E-state index contributed by atoms with van der Waals surface area (Å²) in [6.45, 7) is 1.78. The summed E-state index contributed by atoms with van der Waals surface area (Å²) in [5, 5.41) is 14.9. The van der Waals surface area contributed by atoms with E-state index >= 15 is 0 Å². The molecule has 5 nitrogen and oxygen atoms in total. The molecule has 21 heavy (non-hydrogen) atoms. The average molecular weight is 329 g/mol. The fourth-order valence-corrected chi connectivity index (χ4v) is 2.04. The van der Waals surface area contributed by atoms with Crippen LogP contribution in [-0.4, -0.2) is 27.6 Å². The van der Waals surface area contributed by atoms with Crippen molar-refractivity contribution in [3.05, 3.63) is 56.4 Å². The zero-order chi connectivity index (χ0) is 15.4. The highest BCUT2D eigenvalue weighted by atomic mass is 35.5. The molecular weight excluding hydrogens is 315 g/mol. The van der Waals surface area contributed by atoms with Gasteiger partial charge in [0, 0.05) is 17.2 Å². The Morgan fingerprint density at radius 1 is 1.33 bits per heavy atom. The molecule has 7 heteroatoms. The summed E-state index contributed by atoms with van der Waals surface area (Å²) < 4.78 is 6.61. The Labute approximate surface area is 131 Å². The van der Waals surface area contributed by atoms with Gasteiger partial charge < -0.3 is 9.84 Å². The number of hydrogen-bond acceptors (Lipinski definition) is 4. The van der Waals surface area contributed by atoms with E-state index in [-0.39, 0.29) is 18.7 Å². The van der Waals surface area contributed by atoms with Gasteiger partial charge in [0.05, 0.1) is 17.3 Å². The Hall–Kier alpha value is -1.56. The Kier molecular flexibility index (Phi) is 5.22. The van der Waals surface area contributed by atoms with Crippen LogP contribution in [0, 0.1) is 6.92 Å². The van der Waals surface area contributed by atoms with Crippen molar-refractivity contribution in [1.82, 2.24) is 9.78 Å². The highest BCUT2D eigenvalue weighted by molar-refractivity contribution is 6.34. The Morgan fingerprint density at radius 2 is 2.10 bits per heavy atom. The van der Waals surface area contributed by atoms with Gasteiger partial charge in [0.25, 0.3) is 5.56 Å². The maximum Gasteiger partial charge on any atom is 0.266 e. The van der Waals surface area contributed by atoms with Gasteiger partial charge in [-0.15, -0.1) is 0 Å². The van der Waals surface area contributed by atoms with Gasteiger partial charge in [-0.05, 0) is 25.1 Å². The van der Waals surface area contributed by atoms with Gasteiger partial charge in [0.15, 0.2) is 0 Å². The minimum Gasteiger partial charge on any atom is -0.489 e. The molecule has 0 saturated carbocycles. The largest absolute Gasteiger partial charge is 0.489 e. The number of benzene rings is 1. The van der Waals surface area contributed by atoms with E-state index in [1.54, 1.807) is 31.2 Å². The van der Waals surface area contributed by atoms with Crippen molar-refractivity contribution in [2.75, 3.05) is 6.61 Å². The molecule has 0 saturated heterocycles. The lowest BCUT2D eigenvalue weighted by atomic mass is 10.3. The Balaban J connectivity index is 1.99. The summed E-state index contributed by atoms with van der Waals surface area (Å²) in [5.41, 5.74) is 0.418. The van der Waals surface area contributed by atoms with Crippen molar-refractivity contribution >= 4 is 23.2 Å². The lowest BCUT2D eigenvalue weighted by molar-refractivity contribution is 0.0879. The van der Waals surface area contributed by atoms with E-state index in [2.05, 4.69) is 5.10 Å². The second kappa shape index (κ2) is 6.93. The lowest BCUT2D eigenvalue weighted by Crippen LogP contribution is -2.31. The summed E-state index contributed by atoms with van der Waals surface area (Å²) >= 11 is 11.8. The molecule has 0 aliphatic rings. The molecule has 1 unspecified atom stereocenters. The van der Waals surface area contributed by atoms with E-state index in [4.69, 9.17) is 27.9 Å². The molecule has 0 spiro atoms. The number of rotatable bonds is 5. The zero-order valence-corrected chi connectivity index (χ0v) is 12.8. The van der Waals surface area contributed by atoms with E-state index in [0.29, 0.717) is 21.5 Å². The van der Waals surface area contributed by atoms with Crippen LogP contribution < -0.4 is 10.3 Å². The second-order valence-corrected chi connectivity index (χ2v) is 5.38.